The minimum absolute atomic E-state index is 0.205. The minimum Gasteiger partial charge on any atom is -0.463 e. The first-order chi connectivity index (χ1) is 8.29. The molecule has 88 valence electrons. The van der Waals surface area contributed by atoms with E-state index in [-0.39, 0.29) is 5.91 Å². The lowest BCUT2D eigenvalue weighted by Gasteiger charge is -1.94. The Labute approximate surface area is 103 Å². The molecule has 1 amide bonds. The maximum Gasteiger partial charge on any atom is 0.272 e. The smallest absolute Gasteiger partial charge is 0.272 e. The number of furan rings is 1. The lowest BCUT2D eigenvalue weighted by atomic mass is 10.3. The molecule has 0 atom stereocenters. The number of hydrogen-bond donors (Lipinski definition) is 1. The molecule has 0 fully saturated rings. The second kappa shape index (κ2) is 5.45. The highest BCUT2D eigenvalue weighted by Gasteiger charge is 2.06. The van der Waals surface area contributed by atoms with E-state index in [1.165, 1.54) is 11.1 Å². The van der Waals surface area contributed by atoms with Crippen LogP contribution in [0.3, 0.4) is 0 Å². The number of hydrazone groups is 1. The number of carbonyl (C=O) groups excluding carboxylic acids is 1. The van der Waals surface area contributed by atoms with Crippen LogP contribution in [0, 0.1) is 0 Å². The number of thiophene rings is 1. The maximum absolute atomic E-state index is 11.7. The van der Waals surface area contributed by atoms with Crippen LogP contribution in [0.4, 0.5) is 0 Å². The molecule has 0 radical (unpaired) electrons. The van der Waals surface area contributed by atoms with Gasteiger partial charge in [0.25, 0.3) is 5.91 Å². The van der Waals surface area contributed by atoms with Crippen LogP contribution in [0.5, 0.6) is 0 Å². The van der Waals surface area contributed by atoms with Crippen molar-refractivity contribution >= 4 is 23.5 Å². The Morgan fingerprint density at radius 1 is 1.65 bits per heavy atom. The first-order valence-electron chi connectivity index (χ1n) is 5.24. The number of nitrogens with one attached hydrogen (secondary N) is 1. The van der Waals surface area contributed by atoms with Crippen molar-refractivity contribution in [2.45, 2.75) is 13.3 Å². The van der Waals surface area contributed by atoms with Crippen molar-refractivity contribution in [1.29, 1.82) is 0 Å². The van der Waals surface area contributed by atoms with Gasteiger partial charge >= 0.3 is 0 Å². The summed E-state index contributed by atoms with van der Waals surface area (Å²) in [5.74, 6) is 0.397. The minimum atomic E-state index is -0.205. The van der Waals surface area contributed by atoms with Crippen molar-refractivity contribution in [2.75, 3.05) is 0 Å². The monoisotopic (exact) mass is 248 g/mol. The number of rotatable bonds is 4. The predicted molar refractivity (Wildman–Crippen MR) is 67.5 cm³/mol. The summed E-state index contributed by atoms with van der Waals surface area (Å²) in [4.78, 5) is 12.8. The molecule has 0 aliphatic heterocycles. The highest BCUT2D eigenvalue weighted by Crippen LogP contribution is 2.14. The molecule has 0 spiro atoms. The summed E-state index contributed by atoms with van der Waals surface area (Å²) in [7, 11) is 0. The highest BCUT2D eigenvalue weighted by molar-refractivity contribution is 7.10. The number of carbonyl (C=O) groups is 1. The summed E-state index contributed by atoms with van der Waals surface area (Å²) in [6.45, 7) is 2.06. The van der Waals surface area contributed by atoms with Crippen molar-refractivity contribution in [3.63, 3.8) is 0 Å². The van der Waals surface area contributed by atoms with E-state index in [1.54, 1.807) is 29.7 Å². The van der Waals surface area contributed by atoms with E-state index in [0.717, 1.165) is 6.42 Å². The molecule has 2 aromatic rings. The largest absolute Gasteiger partial charge is 0.463 e. The molecule has 0 bridgehead atoms. The van der Waals surface area contributed by atoms with Gasteiger partial charge in [-0.2, -0.15) is 5.10 Å². The van der Waals surface area contributed by atoms with Crippen molar-refractivity contribution in [3.8, 4) is 0 Å². The Bertz CT molecular complexity index is 514. The summed E-state index contributed by atoms with van der Waals surface area (Å²) in [6.07, 6.45) is 3.95. The average molecular weight is 248 g/mol. The molecule has 0 aliphatic rings. The Morgan fingerprint density at radius 2 is 2.53 bits per heavy atom. The van der Waals surface area contributed by atoms with Crippen molar-refractivity contribution in [2.24, 2.45) is 5.10 Å². The zero-order chi connectivity index (χ0) is 12.1. The Kier molecular flexibility index (Phi) is 3.72. The van der Waals surface area contributed by atoms with Gasteiger partial charge in [-0.1, -0.05) is 6.92 Å². The normalized spacial score (nSPS) is 10.9. The fraction of sp³-hybridized carbons (Fsp3) is 0.167. The lowest BCUT2D eigenvalue weighted by molar-refractivity contribution is 0.0955. The van der Waals surface area contributed by atoms with E-state index in [9.17, 15) is 4.79 Å². The third-order valence-electron chi connectivity index (χ3n) is 2.17. The zero-order valence-corrected chi connectivity index (χ0v) is 10.2. The number of amides is 1. The molecule has 1 N–H and O–H groups in total. The summed E-state index contributed by atoms with van der Waals surface area (Å²) in [6, 6.07) is 5.40. The summed E-state index contributed by atoms with van der Waals surface area (Å²) < 4.78 is 5.04. The standard InChI is InChI=1S/C12H12N2O2S/c1-2-11-6-9(8-17-11)12(15)14-13-7-10-4-3-5-16-10/h3-8H,2H2,1H3,(H,14,15)/b13-7-. The van der Waals surface area contributed by atoms with Crippen LogP contribution >= 0.6 is 11.3 Å². The molecule has 4 nitrogen and oxygen atoms in total. The van der Waals surface area contributed by atoms with Crippen LogP contribution in [0.15, 0.2) is 39.4 Å². The van der Waals surface area contributed by atoms with Gasteiger partial charge in [0.1, 0.15) is 5.76 Å². The van der Waals surface area contributed by atoms with Gasteiger partial charge < -0.3 is 4.42 Å². The van der Waals surface area contributed by atoms with Gasteiger partial charge in [0.2, 0.25) is 0 Å². The second-order valence-corrected chi connectivity index (χ2v) is 4.37. The molecule has 0 saturated heterocycles. The molecule has 0 aliphatic carbocycles. The van der Waals surface area contributed by atoms with Gasteiger partial charge in [-0.15, -0.1) is 11.3 Å². The van der Waals surface area contributed by atoms with Crippen LogP contribution in [0.1, 0.15) is 27.9 Å². The van der Waals surface area contributed by atoms with Gasteiger partial charge in [-0.25, -0.2) is 5.43 Å². The topological polar surface area (TPSA) is 54.6 Å². The van der Waals surface area contributed by atoms with Crippen molar-refractivity contribution in [1.82, 2.24) is 5.43 Å². The summed E-state index contributed by atoms with van der Waals surface area (Å²) >= 11 is 1.58. The molecule has 2 aromatic heterocycles. The van der Waals surface area contributed by atoms with Crippen molar-refractivity contribution < 1.29 is 9.21 Å². The number of nitrogens with zero attached hydrogens (tertiary/aromatic N) is 1. The molecular formula is C12H12N2O2S. The zero-order valence-electron chi connectivity index (χ0n) is 9.34. The Hall–Kier alpha value is -1.88. The van der Waals surface area contributed by atoms with Crippen LogP contribution in [-0.4, -0.2) is 12.1 Å². The van der Waals surface area contributed by atoms with Gasteiger partial charge in [-0.3, -0.25) is 4.79 Å². The number of aryl methyl sites for hydroxylation is 1. The summed E-state index contributed by atoms with van der Waals surface area (Å²) in [5.41, 5.74) is 3.09. The molecule has 0 saturated carbocycles. The number of hydrogen-bond acceptors (Lipinski definition) is 4. The van der Waals surface area contributed by atoms with E-state index in [4.69, 9.17) is 4.42 Å². The van der Waals surface area contributed by atoms with E-state index in [0.29, 0.717) is 11.3 Å². The molecular weight excluding hydrogens is 236 g/mol. The Balaban J connectivity index is 1.93. The third kappa shape index (κ3) is 3.04. The van der Waals surface area contributed by atoms with Crippen LogP contribution in [-0.2, 0) is 6.42 Å². The predicted octanol–water partition coefficient (Wildman–Crippen LogP) is 2.67. The van der Waals surface area contributed by atoms with E-state index in [2.05, 4.69) is 17.5 Å². The molecule has 2 rings (SSSR count). The molecule has 0 unspecified atom stereocenters. The molecule has 5 heteroatoms. The quantitative estimate of drug-likeness (QED) is 0.668. The fourth-order valence-electron chi connectivity index (χ4n) is 1.27. The Morgan fingerprint density at radius 3 is 3.18 bits per heavy atom. The first-order valence-corrected chi connectivity index (χ1v) is 6.12. The van der Waals surface area contributed by atoms with Gasteiger partial charge in [0, 0.05) is 10.3 Å². The molecule has 0 aromatic carbocycles. The lowest BCUT2D eigenvalue weighted by Crippen LogP contribution is -2.16. The van der Waals surface area contributed by atoms with Crippen molar-refractivity contribution in [3.05, 3.63) is 46.0 Å². The second-order valence-electron chi connectivity index (χ2n) is 3.37. The third-order valence-corrected chi connectivity index (χ3v) is 3.25. The first kappa shape index (κ1) is 11.6. The highest BCUT2D eigenvalue weighted by atomic mass is 32.1. The van der Waals surface area contributed by atoms with E-state index < -0.39 is 0 Å². The molecule has 17 heavy (non-hydrogen) atoms. The SMILES string of the molecule is CCc1cc(C(=O)N/N=C\c2ccco2)cs1. The van der Waals surface area contributed by atoms with Gasteiger partial charge in [0.05, 0.1) is 18.0 Å². The van der Waals surface area contributed by atoms with Crippen LogP contribution < -0.4 is 5.43 Å². The van der Waals surface area contributed by atoms with Gasteiger partial charge in [0.15, 0.2) is 0 Å². The maximum atomic E-state index is 11.7. The fourth-order valence-corrected chi connectivity index (χ4v) is 2.08. The van der Waals surface area contributed by atoms with E-state index in [1.807, 2.05) is 11.4 Å². The summed E-state index contributed by atoms with van der Waals surface area (Å²) in [5, 5.41) is 5.64. The van der Waals surface area contributed by atoms with Crippen LogP contribution in [0.2, 0.25) is 0 Å². The van der Waals surface area contributed by atoms with Gasteiger partial charge in [-0.05, 0) is 24.6 Å². The molecule has 2 heterocycles. The van der Waals surface area contributed by atoms with Crippen LogP contribution in [0.25, 0.3) is 0 Å². The van der Waals surface area contributed by atoms with E-state index >= 15 is 0 Å². The average Bonchev–Trinajstić information content (AvgIpc) is 2.99.